The van der Waals surface area contributed by atoms with Crippen molar-refractivity contribution in [1.29, 1.82) is 5.26 Å². The van der Waals surface area contributed by atoms with Crippen LogP contribution in [0.1, 0.15) is 18.9 Å². The first-order chi connectivity index (χ1) is 21.6. The molecule has 16 heteroatoms. The molecule has 2 atom stereocenters. The lowest BCUT2D eigenvalue weighted by Gasteiger charge is -2.45. The van der Waals surface area contributed by atoms with Crippen LogP contribution in [0.3, 0.4) is 0 Å². The second-order valence-electron chi connectivity index (χ2n) is 10.8. The molecule has 0 radical (unpaired) electrons. The number of nitriles is 1. The number of amides is 1. The number of hydrogen-bond donors (Lipinski definition) is 0. The average molecular weight is 656 g/mol. The number of benzene rings is 1. The normalized spacial score (nSPS) is 16.8. The first kappa shape index (κ1) is 32.2. The van der Waals surface area contributed by atoms with Gasteiger partial charge in [-0.3, -0.25) is 4.79 Å². The molecular formula is C30H25F4N7O4S. The number of piperazine rings is 1. The summed E-state index contributed by atoms with van der Waals surface area (Å²) >= 11 is 0. The molecule has 0 saturated carbocycles. The lowest BCUT2D eigenvalue weighted by molar-refractivity contribution is -0.131. The number of sulfone groups is 1. The monoisotopic (exact) mass is 655 g/mol. The van der Waals surface area contributed by atoms with E-state index in [1.54, 1.807) is 6.92 Å². The van der Waals surface area contributed by atoms with E-state index < -0.39 is 78.7 Å². The highest BCUT2D eigenvalue weighted by atomic mass is 32.2. The van der Waals surface area contributed by atoms with Crippen LogP contribution in [0.25, 0.3) is 28.0 Å². The van der Waals surface area contributed by atoms with Gasteiger partial charge in [0.25, 0.3) is 5.91 Å². The van der Waals surface area contributed by atoms with E-state index in [0.29, 0.717) is 0 Å². The Hall–Kier alpha value is -5.17. The molecule has 1 aliphatic heterocycles. The average Bonchev–Trinajstić information content (AvgIpc) is 2.97. The van der Waals surface area contributed by atoms with Crippen molar-refractivity contribution in [2.45, 2.75) is 37.4 Å². The van der Waals surface area contributed by atoms with Crippen LogP contribution in [0, 0.1) is 35.7 Å². The molecule has 1 fully saturated rings. The van der Waals surface area contributed by atoms with Crippen molar-refractivity contribution in [3.8, 4) is 23.0 Å². The van der Waals surface area contributed by atoms with E-state index in [-0.39, 0.29) is 42.0 Å². The van der Waals surface area contributed by atoms with Crippen molar-refractivity contribution >= 4 is 32.6 Å². The fourth-order valence-corrected chi connectivity index (χ4v) is 6.37. The highest BCUT2D eigenvalue weighted by Crippen LogP contribution is 2.35. The molecule has 1 saturated heterocycles. The molecule has 4 heterocycles. The van der Waals surface area contributed by atoms with Gasteiger partial charge in [0, 0.05) is 31.6 Å². The molecule has 4 aromatic rings. The molecule has 1 aliphatic rings. The van der Waals surface area contributed by atoms with Crippen LogP contribution in [0.2, 0.25) is 0 Å². The van der Waals surface area contributed by atoms with Crippen LogP contribution in [-0.2, 0) is 14.6 Å². The predicted octanol–water partition coefficient (Wildman–Crippen LogP) is 3.77. The summed E-state index contributed by atoms with van der Waals surface area (Å²) in [5, 5.41) is 8.73. The van der Waals surface area contributed by atoms with E-state index in [4.69, 9.17) is 0 Å². The zero-order valence-electron chi connectivity index (χ0n) is 24.6. The molecule has 3 aromatic heterocycles. The molecule has 1 unspecified atom stereocenters. The van der Waals surface area contributed by atoms with Crippen molar-refractivity contribution in [2.24, 2.45) is 0 Å². The van der Waals surface area contributed by atoms with Gasteiger partial charge in [-0.05, 0) is 43.7 Å². The first-order valence-corrected chi connectivity index (χ1v) is 15.6. The second kappa shape index (κ2) is 12.0. The maximum Gasteiger partial charge on any atom is 0.355 e. The molecule has 0 aliphatic carbocycles. The number of nitrogens with zero attached hydrogens (tertiary/aromatic N) is 7. The number of pyridine rings is 2. The van der Waals surface area contributed by atoms with Gasteiger partial charge in [0.1, 0.15) is 23.1 Å². The van der Waals surface area contributed by atoms with Crippen molar-refractivity contribution in [3.63, 3.8) is 0 Å². The van der Waals surface area contributed by atoms with E-state index in [1.165, 1.54) is 24.1 Å². The minimum atomic E-state index is -4.08. The zero-order valence-corrected chi connectivity index (χ0v) is 25.4. The topological polar surface area (TPSA) is 142 Å². The number of carbonyl (C=O) groups is 1. The summed E-state index contributed by atoms with van der Waals surface area (Å²) < 4.78 is 85.8. The van der Waals surface area contributed by atoms with Gasteiger partial charge in [-0.2, -0.15) is 10.2 Å². The standard InChI is InChI=1S/C30H25F4N7O4S/c1-15-9-11-36-28(46(4,44)45)25(15)41-27-19(12-22(34)24(37-27)23-20(32)6-5-7-21(23)33)26(38-30(41)43)39-14-18(8-10-35)40(13-16(39)2)29(42)17(3)31/h5-7,9,11-12,16,18H,3,8,13-14H2,1-2,4H3/t16-,18?/m0/s1. The third-order valence-corrected chi connectivity index (χ3v) is 8.60. The fraction of sp³-hybridized carbons (Fsp3) is 0.267. The Balaban J connectivity index is 1.86. The van der Waals surface area contributed by atoms with Crippen LogP contribution in [0.15, 0.2) is 58.8 Å². The molecule has 0 N–H and O–H groups in total. The first-order valence-electron chi connectivity index (χ1n) is 13.7. The maximum absolute atomic E-state index is 15.9. The van der Waals surface area contributed by atoms with Crippen LogP contribution >= 0.6 is 0 Å². The number of hydrogen-bond acceptors (Lipinski definition) is 9. The van der Waals surface area contributed by atoms with E-state index >= 15 is 4.39 Å². The summed E-state index contributed by atoms with van der Waals surface area (Å²) in [6.07, 6.45) is 1.83. The zero-order chi connectivity index (χ0) is 33.7. The minimum Gasteiger partial charge on any atom is -0.349 e. The third-order valence-electron chi connectivity index (χ3n) is 7.60. The lowest BCUT2D eigenvalue weighted by atomic mass is 10.0. The number of carbonyl (C=O) groups excluding carboxylic acids is 1. The van der Waals surface area contributed by atoms with Gasteiger partial charge in [0.15, 0.2) is 32.2 Å². The second-order valence-corrected chi connectivity index (χ2v) is 12.7. The van der Waals surface area contributed by atoms with E-state index in [1.807, 2.05) is 6.07 Å². The van der Waals surface area contributed by atoms with Gasteiger partial charge in [-0.1, -0.05) is 12.6 Å². The van der Waals surface area contributed by atoms with Crippen molar-refractivity contribution in [3.05, 3.63) is 82.4 Å². The summed E-state index contributed by atoms with van der Waals surface area (Å²) in [4.78, 5) is 41.4. The number of aryl methyl sites for hydroxylation is 1. The molecule has 238 valence electrons. The van der Waals surface area contributed by atoms with Gasteiger partial charge < -0.3 is 9.80 Å². The largest absolute Gasteiger partial charge is 0.355 e. The highest BCUT2D eigenvalue weighted by Gasteiger charge is 2.37. The number of anilines is 1. The summed E-state index contributed by atoms with van der Waals surface area (Å²) in [5.74, 6) is -5.92. The number of halogens is 4. The Morgan fingerprint density at radius 1 is 1.13 bits per heavy atom. The van der Waals surface area contributed by atoms with E-state index in [2.05, 4.69) is 21.5 Å². The fourth-order valence-electron chi connectivity index (χ4n) is 5.51. The minimum absolute atomic E-state index is 0.144. The third kappa shape index (κ3) is 5.58. The predicted molar refractivity (Wildman–Crippen MR) is 159 cm³/mol. The summed E-state index contributed by atoms with van der Waals surface area (Å²) in [6, 6.07) is 5.48. The van der Waals surface area contributed by atoms with Gasteiger partial charge in [0.2, 0.25) is 0 Å². The lowest BCUT2D eigenvalue weighted by Crippen LogP contribution is -2.59. The highest BCUT2D eigenvalue weighted by molar-refractivity contribution is 7.90. The molecule has 11 nitrogen and oxygen atoms in total. The maximum atomic E-state index is 15.9. The van der Waals surface area contributed by atoms with Crippen molar-refractivity contribution in [1.82, 2.24) is 24.4 Å². The van der Waals surface area contributed by atoms with E-state index in [0.717, 1.165) is 40.0 Å². The molecular weight excluding hydrogens is 630 g/mol. The molecule has 46 heavy (non-hydrogen) atoms. The molecule has 0 bridgehead atoms. The summed E-state index contributed by atoms with van der Waals surface area (Å²) in [7, 11) is -4.08. The smallest absolute Gasteiger partial charge is 0.349 e. The quantitative estimate of drug-likeness (QED) is 0.224. The SMILES string of the molecule is C=C(F)C(=O)N1C[C@H](C)N(c2nc(=O)n(-c3c(C)ccnc3S(C)(=O)=O)c3nc(-c4c(F)cccc4F)c(F)cc23)CC1CC#N. The Morgan fingerprint density at radius 3 is 2.41 bits per heavy atom. The van der Waals surface area contributed by atoms with Gasteiger partial charge in [-0.25, -0.2) is 45.3 Å². The number of fused-ring (bicyclic) bond motifs is 1. The van der Waals surface area contributed by atoms with Gasteiger partial charge in [-0.15, -0.1) is 0 Å². The van der Waals surface area contributed by atoms with Crippen LogP contribution < -0.4 is 10.6 Å². The Kier molecular flexibility index (Phi) is 8.39. The van der Waals surface area contributed by atoms with Gasteiger partial charge >= 0.3 is 5.69 Å². The number of rotatable bonds is 6. The molecule has 1 aromatic carbocycles. The molecule has 0 spiro atoms. The Morgan fingerprint density at radius 2 is 1.80 bits per heavy atom. The van der Waals surface area contributed by atoms with E-state index in [9.17, 15) is 36.4 Å². The molecule has 1 amide bonds. The van der Waals surface area contributed by atoms with Crippen LogP contribution in [0.5, 0.6) is 0 Å². The summed E-state index contributed by atoms with van der Waals surface area (Å²) in [6.45, 7) is 5.84. The van der Waals surface area contributed by atoms with Crippen LogP contribution in [0.4, 0.5) is 23.4 Å². The van der Waals surface area contributed by atoms with Crippen LogP contribution in [-0.4, -0.2) is 70.2 Å². The Bertz CT molecular complexity index is 2130. The summed E-state index contributed by atoms with van der Waals surface area (Å²) in [5.41, 5.74) is -3.16. The van der Waals surface area contributed by atoms with Crippen molar-refractivity contribution in [2.75, 3.05) is 24.2 Å². The Labute approximate surface area is 260 Å². The molecule has 5 rings (SSSR count). The number of aromatic nitrogens is 4. The van der Waals surface area contributed by atoms with Gasteiger partial charge in [0.05, 0.1) is 35.2 Å². The van der Waals surface area contributed by atoms with Crippen molar-refractivity contribution < 1.29 is 30.8 Å².